The van der Waals surface area contributed by atoms with Crippen LogP contribution in [0, 0.1) is 11.6 Å². The van der Waals surface area contributed by atoms with E-state index in [2.05, 4.69) is 37.3 Å². The van der Waals surface area contributed by atoms with E-state index in [0.717, 1.165) is 4.47 Å². The van der Waals surface area contributed by atoms with Crippen LogP contribution in [0.4, 0.5) is 8.78 Å². The lowest BCUT2D eigenvalue weighted by atomic mass is 9.98. The van der Waals surface area contributed by atoms with Crippen LogP contribution in [-0.4, -0.2) is 0 Å². The third-order valence-electron chi connectivity index (χ3n) is 2.80. The maximum absolute atomic E-state index is 14.2. The molecule has 0 bridgehead atoms. The molecule has 3 N–H and O–H groups in total. The molecule has 0 amide bonds. The molecule has 20 heavy (non-hydrogen) atoms. The number of rotatable bonds is 3. The third kappa shape index (κ3) is 3.04. The van der Waals surface area contributed by atoms with Crippen LogP contribution in [0.2, 0.25) is 5.02 Å². The molecule has 2 aromatic carbocycles. The number of benzene rings is 2. The van der Waals surface area contributed by atoms with Crippen LogP contribution in [0.15, 0.2) is 39.3 Å². The first-order chi connectivity index (χ1) is 9.45. The van der Waals surface area contributed by atoms with Crippen LogP contribution in [0.5, 0.6) is 0 Å². The number of nitrogens with one attached hydrogen (secondary N) is 1. The lowest BCUT2D eigenvalue weighted by molar-refractivity contribution is 0.507. The van der Waals surface area contributed by atoms with Crippen molar-refractivity contribution in [3.63, 3.8) is 0 Å². The normalized spacial score (nSPS) is 12.5. The van der Waals surface area contributed by atoms with Crippen LogP contribution < -0.4 is 11.3 Å². The molecule has 0 heterocycles. The van der Waals surface area contributed by atoms with E-state index in [1.54, 1.807) is 18.2 Å². The molecule has 1 atom stereocenters. The van der Waals surface area contributed by atoms with Gasteiger partial charge in [-0.25, -0.2) is 14.2 Å². The van der Waals surface area contributed by atoms with Gasteiger partial charge in [-0.2, -0.15) is 0 Å². The van der Waals surface area contributed by atoms with E-state index in [9.17, 15) is 8.78 Å². The molecule has 0 aliphatic heterocycles. The quantitative estimate of drug-likeness (QED) is 0.424. The standard InChI is InChI=1S/C13H9Br2ClF2N2/c14-6-1-3-9(16)7(5-6)13(20-19)11-10(17)4-2-8(15)12(11)18/h1-5,13,20H,19H2. The maximum Gasteiger partial charge on any atom is 0.145 e. The molecule has 0 fully saturated rings. The Balaban J connectivity index is 2.64. The Labute approximate surface area is 136 Å². The molecular formula is C13H9Br2ClF2N2. The Bertz CT molecular complexity index is 653. The molecule has 7 heteroatoms. The van der Waals surface area contributed by atoms with E-state index in [0.29, 0.717) is 10.6 Å². The van der Waals surface area contributed by atoms with Gasteiger partial charge in [0.15, 0.2) is 0 Å². The summed E-state index contributed by atoms with van der Waals surface area (Å²) in [5.74, 6) is 4.05. The summed E-state index contributed by atoms with van der Waals surface area (Å²) in [5.41, 5.74) is 2.68. The first-order valence-corrected chi connectivity index (χ1v) is 7.46. The second-order valence-corrected chi connectivity index (χ2v) is 6.20. The third-order valence-corrected chi connectivity index (χ3v) is 4.25. The zero-order chi connectivity index (χ0) is 14.9. The van der Waals surface area contributed by atoms with Crippen molar-refractivity contribution >= 4 is 43.5 Å². The molecule has 2 aromatic rings. The van der Waals surface area contributed by atoms with Gasteiger partial charge in [-0.15, -0.1) is 0 Å². The highest BCUT2D eigenvalue weighted by Crippen LogP contribution is 2.34. The summed E-state index contributed by atoms with van der Waals surface area (Å²) < 4.78 is 29.0. The Kier molecular flexibility index (Phi) is 5.14. The van der Waals surface area contributed by atoms with E-state index in [1.807, 2.05) is 0 Å². The molecule has 0 aliphatic rings. The van der Waals surface area contributed by atoms with Crippen molar-refractivity contribution < 1.29 is 8.78 Å². The molecule has 0 radical (unpaired) electrons. The number of hydrogen-bond acceptors (Lipinski definition) is 2. The van der Waals surface area contributed by atoms with Crippen LogP contribution in [0.3, 0.4) is 0 Å². The lowest BCUT2D eigenvalue weighted by Gasteiger charge is -2.20. The van der Waals surface area contributed by atoms with Gasteiger partial charge < -0.3 is 0 Å². The maximum atomic E-state index is 14.2. The van der Waals surface area contributed by atoms with Crippen molar-refractivity contribution in [1.29, 1.82) is 0 Å². The highest BCUT2D eigenvalue weighted by molar-refractivity contribution is 9.10. The molecule has 2 nitrogen and oxygen atoms in total. The minimum Gasteiger partial charge on any atom is -0.271 e. The van der Waals surface area contributed by atoms with Gasteiger partial charge in [0.1, 0.15) is 11.6 Å². The molecule has 0 aromatic heterocycles. The summed E-state index contributed by atoms with van der Waals surface area (Å²) in [6.07, 6.45) is 0. The van der Waals surface area contributed by atoms with Crippen molar-refractivity contribution in [3.05, 3.63) is 67.1 Å². The highest BCUT2D eigenvalue weighted by Gasteiger charge is 2.24. The summed E-state index contributed by atoms with van der Waals surface area (Å²) in [7, 11) is 0. The summed E-state index contributed by atoms with van der Waals surface area (Å²) in [6, 6.07) is 6.57. The van der Waals surface area contributed by atoms with Crippen LogP contribution in [0.1, 0.15) is 17.2 Å². The zero-order valence-electron chi connectivity index (χ0n) is 9.93. The largest absolute Gasteiger partial charge is 0.271 e. The Hall–Kier alpha value is -0.530. The number of nitrogens with two attached hydrogens (primary N) is 1. The highest BCUT2D eigenvalue weighted by atomic mass is 79.9. The minimum absolute atomic E-state index is 0.153. The van der Waals surface area contributed by atoms with Gasteiger partial charge in [0.05, 0.1) is 10.5 Å². The Morgan fingerprint density at radius 3 is 2.50 bits per heavy atom. The predicted octanol–water partition coefficient (Wildman–Crippen LogP) is 4.70. The fraction of sp³-hybridized carbons (Fsp3) is 0.0769. The average Bonchev–Trinajstić information content (AvgIpc) is 2.42. The molecule has 0 aliphatic carbocycles. The van der Waals surface area contributed by atoms with E-state index in [-0.39, 0.29) is 10.0 Å². The molecule has 2 rings (SSSR count). The van der Waals surface area contributed by atoms with Crippen LogP contribution >= 0.6 is 43.5 Å². The second kappa shape index (κ2) is 6.49. The Morgan fingerprint density at radius 2 is 1.85 bits per heavy atom. The smallest absolute Gasteiger partial charge is 0.145 e. The predicted molar refractivity (Wildman–Crippen MR) is 82.4 cm³/mol. The average molecular weight is 426 g/mol. The molecule has 0 saturated carbocycles. The van der Waals surface area contributed by atoms with Gasteiger partial charge in [-0.3, -0.25) is 5.84 Å². The molecule has 106 valence electrons. The van der Waals surface area contributed by atoms with E-state index < -0.39 is 17.7 Å². The van der Waals surface area contributed by atoms with Crippen molar-refractivity contribution in [2.45, 2.75) is 6.04 Å². The summed E-state index contributed by atoms with van der Waals surface area (Å²) >= 11 is 12.4. The van der Waals surface area contributed by atoms with Crippen molar-refractivity contribution in [1.82, 2.24) is 5.43 Å². The van der Waals surface area contributed by atoms with Crippen LogP contribution in [0.25, 0.3) is 0 Å². The topological polar surface area (TPSA) is 38.0 Å². The van der Waals surface area contributed by atoms with E-state index in [1.165, 1.54) is 12.1 Å². The molecule has 0 saturated heterocycles. The summed E-state index contributed by atoms with van der Waals surface area (Å²) in [6.45, 7) is 0. The Morgan fingerprint density at radius 1 is 1.15 bits per heavy atom. The van der Waals surface area contributed by atoms with Gasteiger partial charge in [0, 0.05) is 15.1 Å². The SMILES string of the molecule is NNC(c1cc(Br)ccc1Cl)c1c(F)ccc(Br)c1F. The van der Waals surface area contributed by atoms with Gasteiger partial charge in [-0.05, 0) is 51.8 Å². The minimum atomic E-state index is -0.905. The second-order valence-electron chi connectivity index (χ2n) is 4.02. The van der Waals surface area contributed by atoms with E-state index in [4.69, 9.17) is 17.4 Å². The first-order valence-electron chi connectivity index (χ1n) is 5.50. The number of halogens is 5. The van der Waals surface area contributed by atoms with Gasteiger partial charge in [0.2, 0.25) is 0 Å². The monoisotopic (exact) mass is 424 g/mol. The molecule has 1 unspecified atom stereocenters. The fourth-order valence-corrected chi connectivity index (χ4v) is 2.82. The van der Waals surface area contributed by atoms with Crippen LogP contribution in [-0.2, 0) is 0 Å². The van der Waals surface area contributed by atoms with Crippen molar-refractivity contribution in [2.75, 3.05) is 0 Å². The fourth-order valence-electron chi connectivity index (χ4n) is 1.87. The zero-order valence-corrected chi connectivity index (χ0v) is 13.9. The van der Waals surface area contributed by atoms with Gasteiger partial charge in [0.25, 0.3) is 0 Å². The lowest BCUT2D eigenvalue weighted by Crippen LogP contribution is -2.30. The van der Waals surface area contributed by atoms with Crippen molar-refractivity contribution in [3.8, 4) is 0 Å². The number of hydrogen-bond donors (Lipinski definition) is 2. The summed E-state index contributed by atoms with van der Waals surface area (Å²) in [5, 5.41) is 0.356. The van der Waals surface area contributed by atoms with E-state index >= 15 is 0 Å². The first kappa shape index (κ1) is 15.9. The summed E-state index contributed by atoms with van der Waals surface area (Å²) in [4.78, 5) is 0. The van der Waals surface area contributed by atoms with Gasteiger partial charge in [-0.1, -0.05) is 27.5 Å². The molecule has 0 spiro atoms. The van der Waals surface area contributed by atoms with Gasteiger partial charge >= 0.3 is 0 Å². The van der Waals surface area contributed by atoms with Crippen molar-refractivity contribution in [2.24, 2.45) is 5.84 Å². The molecular weight excluding hydrogens is 417 g/mol. The number of hydrazine groups is 1.